The fourth-order valence-electron chi connectivity index (χ4n) is 2.30. The summed E-state index contributed by atoms with van der Waals surface area (Å²) in [5, 5.41) is 1.39. The van der Waals surface area contributed by atoms with E-state index in [4.69, 9.17) is 4.74 Å². The van der Waals surface area contributed by atoms with E-state index in [0.29, 0.717) is 17.5 Å². The van der Waals surface area contributed by atoms with Gasteiger partial charge in [-0.3, -0.25) is 9.78 Å². The summed E-state index contributed by atoms with van der Waals surface area (Å²) < 4.78 is 57.6. The molecule has 6 nitrogen and oxygen atoms in total. The highest BCUT2D eigenvalue weighted by atomic mass is 32.2. The summed E-state index contributed by atoms with van der Waals surface area (Å²) >= 11 is 0. The number of amides is 1. The molecular weight excluding hydrogens is 366 g/mol. The second-order valence-corrected chi connectivity index (χ2v) is 7.17. The van der Waals surface area contributed by atoms with Crippen LogP contribution < -0.4 is 9.46 Å². The van der Waals surface area contributed by atoms with Gasteiger partial charge in [0.05, 0.1) is 11.8 Å². The predicted molar refractivity (Wildman–Crippen MR) is 90.5 cm³/mol. The van der Waals surface area contributed by atoms with Gasteiger partial charge in [-0.1, -0.05) is 12.1 Å². The molecule has 0 unspecified atom stereocenters. The number of nitrogens with one attached hydrogen (secondary N) is 1. The third-order valence-corrected chi connectivity index (χ3v) is 3.96. The van der Waals surface area contributed by atoms with Crippen molar-refractivity contribution in [2.75, 3.05) is 6.26 Å². The van der Waals surface area contributed by atoms with Crippen molar-refractivity contribution in [2.45, 2.75) is 0 Å². The first-order valence-electron chi connectivity index (χ1n) is 7.26. The number of nitrogens with zero attached hydrogens (tertiary/aromatic N) is 1. The van der Waals surface area contributed by atoms with Crippen LogP contribution in [0.3, 0.4) is 0 Å². The summed E-state index contributed by atoms with van der Waals surface area (Å²) in [6.07, 6.45) is 3.86. The number of hydrogen-bond donors (Lipinski definition) is 1. The number of rotatable bonds is 4. The van der Waals surface area contributed by atoms with E-state index in [1.807, 2.05) is 0 Å². The van der Waals surface area contributed by atoms with Crippen molar-refractivity contribution >= 4 is 26.7 Å². The van der Waals surface area contributed by atoms with Crippen molar-refractivity contribution in [1.29, 1.82) is 0 Å². The first-order chi connectivity index (χ1) is 12.2. The van der Waals surface area contributed by atoms with Crippen LogP contribution >= 0.6 is 0 Å². The number of hydrogen-bond acceptors (Lipinski definition) is 5. The van der Waals surface area contributed by atoms with E-state index in [1.165, 1.54) is 6.20 Å². The van der Waals surface area contributed by atoms with Gasteiger partial charge in [-0.15, -0.1) is 0 Å². The zero-order chi connectivity index (χ0) is 18.9. The zero-order valence-corrected chi connectivity index (χ0v) is 14.2. The first kappa shape index (κ1) is 17.7. The van der Waals surface area contributed by atoms with E-state index in [2.05, 4.69) is 4.98 Å². The molecule has 1 N–H and O–H groups in total. The number of benzene rings is 2. The summed E-state index contributed by atoms with van der Waals surface area (Å²) in [6.45, 7) is 0. The molecule has 0 saturated heterocycles. The van der Waals surface area contributed by atoms with Gasteiger partial charge in [0.25, 0.3) is 5.91 Å². The Morgan fingerprint density at radius 1 is 1.12 bits per heavy atom. The minimum atomic E-state index is -3.91. The van der Waals surface area contributed by atoms with Crippen molar-refractivity contribution in [3.63, 3.8) is 0 Å². The molecule has 3 aromatic rings. The number of carbonyl (C=O) groups excluding carboxylic acids is 1. The summed E-state index contributed by atoms with van der Waals surface area (Å²) in [5.74, 6) is -3.58. The Kier molecular flexibility index (Phi) is 4.56. The Morgan fingerprint density at radius 2 is 1.88 bits per heavy atom. The first-order valence-corrected chi connectivity index (χ1v) is 9.15. The van der Waals surface area contributed by atoms with Crippen LogP contribution in [0.2, 0.25) is 0 Å². The summed E-state index contributed by atoms with van der Waals surface area (Å²) in [4.78, 5) is 15.7. The Balaban J connectivity index is 1.97. The summed E-state index contributed by atoms with van der Waals surface area (Å²) in [6, 6.07) is 7.95. The number of aromatic nitrogens is 1. The van der Waals surface area contributed by atoms with Gasteiger partial charge in [0.15, 0.2) is 11.6 Å². The largest absolute Gasteiger partial charge is 0.454 e. The van der Waals surface area contributed by atoms with Crippen molar-refractivity contribution in [2.24, 2.45) is 0 Å². The van der Waals surface area contributed by atoms with Gasteiger partial charge in [-0.2, -0.15) is 0 Å². The van der Waals surface area contributed by atoms with Gasteiger partial charge in [0.2, 0.25) is 10.0 Å². The Bertz CT molecular complexity index is 1110. The fourth-order valence-corrected chi connectivity index (χ4v) is 2.75. The number of pyridine rings is 1. The molecule has 0 saturated carbocycles. The third kappa shape index (κ3) is 3.77. The molecule has 0 atom stereocenters. The van der Waals surface area contributed by atoms with E-state index in [1.54, 1.807) is 35.2 Å². The third-order valence-electron chi connectivity index (χ3n) is 3.40. The standard InChI is InChI=1S/C17H12F2N2O4S/c1-26(23,24)21-17(22)12-7-14(19)16(8-13(12)18)25-15-4-2-3-10-9-20-6-5-11(10)15/h2-9H,1H3,(H,21,22). The van der Waals surface area contributed by atoms with E-state index in [0.717, 1.165) is 11.6 Å². The Hall–Kier alpha value is -3.07. The summed E-state index contributed by atoms with van der Waals surface area (Å²) in [5.41, 5.74) is -0.748. The van der Waals surface area contributed by atoms with Crippen LogP contribution in [0.5, 0.6) is 11.5 Å². The second-order valence-electron chi connectivity index (χ2n) is 5.42. The number of sulfonamides is 1. The van der Waals surface area contributed by atoms with Crippen LogP contribution in [-0.4, -0.2) is 25.6 Å². The lowest BCUT2D eigenvalue weighted by Crippen LogP contribution is -2.30. The molecule has 0 fully saturated rings. The maximum atomic E-state index is 14.3. The van der Waals surface area contributed by atoms with E-state index in [9.17, 15) is 22.0 Å². The highest BCUT2D eigenvalue weighted by molar-refractivity contribution is 7.89. The SMILES string of the molecule is CS(=O)(=O)NC(=O)c1cc(F)c(Oc2cccc3cnccc23)cc1F. The molecule has 0 aliphatic heterocycles. The quantitative estimate of drug-likeness (QED) is 0.754. The topological polar surface area (TPSA) is 85.4 Å². The Morgan fingerprint density at radius 3 is 2.62 bits per heavy atom. The fraction of sp³-hybridized carbons (Fsp3) is 0.0588. The smallest absolute Gasteiger partial charge is 0.267 e. The predicted octanol–water partition coefficient (Wildman–Crippen LogP) is 2.99. The normalized spacial score (nSPS) is 11.3. The van der Waals surface area contributed by atoms with Gasteiger partial charge < -0.3 is 4.74 Å². The minimum absolute atomic E-state index is 0.275. The van der Waals surface area contributed by atoms with Gasteiger partial charge in [-0.05, 0) is 18.2 Å². The molecular formula is C17H12F2N2O4S. The van der Waals surface area contributed by atoms with Crippen molar-refractivity contribution in [3.05, 3.63) is 66.0 Å². The summed E-state index contributed by atoms with van der Waals surface area (Å²) in [7, 11) is -3.91. The minimum Gasteiger partial charge on any atom is -0.454 e. The number of halogens is 2. The molecule has 3 rings (SSSR count). The lowest BCUT2D eigenvalue weighted by atomic mass is 10.1. The molecule has 134 valence electrons. The van der Waals surface area contributed by atoms with Crippen molar-refractivity contribution < 1.29 is 26.7 Å². The van der Waals surface area contributed by atoms with E-state index in [-0.39, 0.29) is 5.75 Å². The molecule has 0 aliphatic rings. The molecule has 1 heterocycles. The lowest BCUT2D eigenvalue weighted by Gasteiger charge is -2.11. The van der Waals surface area contributed by atoms with Gasteiger partial charge in [0.1, 0.15) is 11.6 Å². The second kappa shape index (κ2) is 6.68. The van der Waals surface area contributed by atoms with Crippen LogP contribution in [-0.2, 0) is 10.0 Å². The van der Waals surface area contributed by atoms with Gasteiger partial charge in [0, 0.05) is 29.2 Å². The van der Waals surface area contributed by atoms with Crippen LogP contribution in [0.1, 0.15) is 10.4 Å². The van der Waals surface area contributed by atoms with E-state index >= 15 is 0 Å². The molecule has 26 heavy (non-hydrogen) atoms. The van der Waals surface area contributed by atoms with Crippen molar-refractivity contribution in [3.8, 4) is 11.5 Å². The molecule has 0 bridgehead atoms. The maximum absolute atomic E-state index is 14.3. The molecule has 9 heteroatoms. The molecule has 0 spiro atoms. The maximum Gasteiger partial charge on any atom is 0.267 e. The lowest BCUT2D eigenvalue weighted by molar-refractivity contribution is 0.0977. The van der Waals surface area contributed by atoms with Crippen LogP contribution in [0.25, 0.3) is 10.8 Å². The Labute approximate surface area is 147 Å². The number of carbonyl (C=O) groups is 1. The number of fused-ring (bicyclic) bond motifs is 1. The average Bonchev–Trinajstić information content (AvgIpc) is 2.56. The monoisotopic (exact) mass is 378 g/mol. The van der Waals surface area contributed by atoms with Crippen molar-refractivity contribution in [1.82, 2.24) is 9.71 Å². The van der Waals surface area contributed by atoms with Crippen LogP contribution in [0, 0.1) is 11.6 Å². The highest BCUT2D eigenvalue weighted by Gasteiger charge is 2.20. The molecule has 1 amide bonds. The molecule has 2 aromatic carbocycles. The average molecular weight is 378 g/mol. The molecule has 1 aromatic heterocycles. The highest BCUT2D eigenvalue weighted by Crippen LogP contribution is 2.32. The number of ether oxygens (including phenoxy) is 1. The van der Waals surface area contributed by atoms with E-state index < -0.39 is 38.9 Å². The van der Waals surface area contributed by atoms with Crippen LogP contribution in [0.15, 0.2) is 48.8 Å². The molecule has 0 aliphatic carbocycles. The van der Waals surface area contributed by atoms with Gasteiger partial charge in [-0.25, -0.2) is 21.9 Å². The van der Waals surface area contributed by atoms with Gasteiger partial charge >= 0.3 is 0 Å². The van der Waals surface area contributed by atoms with Crippen LogP contribution in [0.4, 0.5) is 8.78 Å². The zero-order valence-electron chi connectivity index (χ0n) is 13.4. The molecule has 0 radical (unpaired) electrons.